The Kier molecular flexibility index (Phi) is 4.63. The maximum Gasteiger partial charge on any atom is 0.335 e. The third kappa shape index (κ3) is 3.05. The molecule has 2 N–H and O–H groups in total. The zero-order chi connectivity index (χ0) is 17.3. The average Bonchev–Trinajstić information content (AvgIpc) is 2.58. The summed E-state index contributed by atoms with van der Waals surface area (Å²) in [7, 11) is 0. The highest BCUT2D eigenvalue weighted by Gasteiger charge is 2.58. The Hall–Kier alpha value is -1.88. The number of amides is 1. The van der Waals surface area contributed by atoms with Crippen LogP contribution >= 0.6 is 0 Å². The quantitative estimate of drug-likeness (QED) is 0.870. The van der Waals surface area contributed by atoms with Crippen molar-refractivity contribution < 1.29 is 19.4 Å². The molecule has 3 rings (SSSR count). The van der Waals surface area contributed by atoms with Gasteiger partial charge < -0.3 is 15.2 Å². The molecule has 0 aromatic heterocycles. The summed E-state index contributed by atoms with van der Waals surface area (Å²) >= 11 is 0. The molecule has 2 aliphatic rings. The van der Waals surface area contributed by atoms with E-state index in [-0.39, 0.29) is 29.0 Å². The lowest BCUT2D eigenvalue weighted by Gasteiger charge is -2.59. The molecular weight excluding hydrogens is 306 g/mol. The Morgan fingerprint density at radius 3 is 2.83 bits per heavy atom. The molecule has 1 saturated carbocycles. The second kappa shape index (κ2) is 6.55. The molecule has 1 aliphatic heterocycles. The van der Waals surface area contributed by atoms with Crippen molar-refractivity contribution >= 4 is 11.9 Å². The number of nitrogens with one attached hydrogen (secondary N) is 1. The Morgan fingerprint density at radius 1 is 1.33 bits per heavy atom. The molecule has 2 fully saturated rings. The summed E-state index contributed by atoms with van der Waals surface area (Å²) in [6, 6.07) is 7.00. The zero-order valence-electron chi connectivity index (χ0n) is 14.2. The molecule has 1 aliphatic carbocycles. The fourth-order valence-corrected chi connectivity index (χ4v) is 4.26. The monoisotopic (exact) mass is 331 g/mol. The van der Waals surface area contributed by atoms with Gasteiger partial charge in [-0.3, -0.25) is 4.79 Å². The van der Waals surface area contributed by atoms with Crippen LogP contribution in [0.2, 0.25) is 0 Å². The molecule has 1 heterocycles. The van der Waals surface area contributed by atoms with Gasteiger partial charge in [0.15, 0.2) is 0 Å². The number of benzene rings is 1. The van der Waals surface area contributed by atoms with Crippen molar-refractivity contribution in [3.8, 4) is 0 Å². The summed E-state index contributed by atoms with van der Waals surface area (Å²) in [5, 5.41) is 12.4. The molecule has 24 heavy (non-hydrogen) atoms. The van der Waals surface area contributed by atoms with Gasteiger partial charge in [0.1, 0.15) is 0 Å². The van der Waals surface area contributed by atoms with E-state index in [0.717, 1.165) is 19.4 Å². The molecule has 1 aromatic carbocycles. The number of hydrogen-bond donors (Lipinski definition) is 2. The molecule has 1 aromatic rings. The summed E-state index contributed by atoms with van der Waals surface area (Å²) in [6.07, 6.45) is 3.13. The van der Waals surface area contributed by atoms with Crippen molar-refractivity contribution in [2.45, 2.75) is 51.7 Å². The molecule has 3 unspecified atom stereocenters. The molecule has 1 saturated heterocycles. The topological polar surface area (TPSA) is 75.6 Å². The summed E-state index contributed by atoms with van der Waals surface area (Å²) in [5.41, 5.74) is 0.932. The van der Waals surface area contributed by atoms with Crippen LogP contribution in [0.15, 0.2) is 24.3 Å². The largest absolute Gasteiger partial charge is 0.478 e. The van der Waals surface area contributed by atoms with E-state index >= 15 is 0 Å². The van der Waals surface area contributed by atoms with Crippen LogP contribution < -0.4 is 5.32 Å². The standard InChI is InChI=1S/C19H25NO4/c1-19(2)16(14-8-5-11-24-17(14)19)20-15(21)10-9-12-6-3-4-7-13(12)18(22)23/h3-4,6-7,14,16-17H,5,8-11H2,1-2H3,(H,20,21)(H,22,23). The van der Waals surface area contributed by atoms with Crippen LogP contribution in [0.4, 0.5) is 0 Å². The van der Waals surface area contributed by atoms with Crippen LogP contribution in [0.25, 0.3) is 0 Å². The molecular formula is C19H25NO4. The third-order valence-electron chi connectivity index (χ3n) is 5.52. The van der Waals surface area contributed by atoms with Gasteiger partial charge in [-0.25, -0.2) is 4.79 Å². The molecule has 0 radical (unpaired) electrons. The number of ether oxygens (including phenoxy) is 1. The first-order valence-electron chi connectivity index (χ1n) is 8.63. The molecule has 1 amide bonds. The first-order valence-corrected chi connectivity index (χ1v) is 8.63. The van der Waals surface area contributed by atoms with Gasteiger partial charge in [-0.05, 0) is 30.9 Å². The number of carbonyl (C=O) groups excluding carboxylic acids is 1. The Labute approximate surface area is 142 Å². The van der Waals surface area contributed by atoms with Crippen molar-refractivity contribution in [3.05, 3.63) is 35.4 Å². The average molecular weight is 331 g/mol. The number of aromatic carboxylic acids is 1. The first kappa shape index (κ1) is 17.0. The van der Waals surface area contributed by atoms with Crippen LogP contribution in [0.3, 0.4) is 0 Å². The Morgan fingerprint density at radius 2 is 2.08 bits per heavy atom. The highest BCUT2D eigenvalue weighted by Crippen LogP contribution is 2.51. The van der Waals surface area contributed by atoms with E-state index in [2.05, 4.69) is 19.2 Å². The number of rotatable bonds is 5. The molecule has 0 bridgehead atoms. The highest BCUT2D eigenvalue weighted by molar-refractivity contribution is 5.89. The van der Waals surface area contributed by atoms with Gasteiger partial charge in [0.25, 0.3) is 0 Å². The van der Waals surface area contributed by atoms with Crippen LogP contribution in [-0.2, 0) is 16.0 Å². The predicted molar refractivity (Wildman–Crippen MR) is 89.9 cm³/mol. The maximum absolute atomic E-state index is 12.4. The van der Waals surface area contributed by atoms with Crippen LogP contribution in [-0.4, -0.2) is 35.7 Å². The normalized spacial score (nSPS) is 27.7. The van der Waals surface area contributed by atoms with E-state index in [9.17, 15) is 14.7 Å². The summed E-state index contributed by atoms with van der Waals surface area (Å²) in [4.78, 5) is 23.6. The summed E-state index contributed by atoms with van der Waals surface area (Å²) in [6.45, 7) is 5.10. The number of carbonyl (C=O) groups is 2. The highest BCUT2D eigenvalue weighted by atomic mass is 16.5. The van der Waals surface area contributed by atoms with Gasteiger partial charge in [0.05, 0.1) is 11.7 Å². The van der Waals surface area contributed by atoms with Gasteiger partial charge in [0.2, 0.25) is 5.91 Å². The molecule has 3 atom stereocenters. The van der Waals surface area contributed by atoms with E-state index in [4.69, 9.17) is 4.74 Å². The van der Waals surface area contributed by atoms with Gasteiger partial charge in [-0.15, -0.1) is 0 Å². The van der Waals surface area contributed by atoms with Gasteiger partial charge in [-0.1, -0.05) is 32.0 Å². The zero-order valence-corrected chi connectivity index (χ0v) is 14.2. The minimum atomic E-state index is -0.951. The maximum atomic E-state index is 12.4. The van der Waals surface area contributed by atoms with Crippen LogP contribution in [0.5, 0.6) is 0 Å². The van der Waals surface area contributed by atoms with Crippen molar-refractivity contribution in [2.24, 2.45) is 11.3 Å². The van der Waals surface area contributed by atoms with Crippen LogP contribution in [0.1, 0.15) is 49.0 Å². The Bertz CT molecular complexity index is 640. The minimum Gasteiger partial charge on any atom is -0.478 e. The molecule has 5 heteroatoms. The molecule has 130 valence electrons. The van der Waals surface area contributed by atoms with Crippen LogP contribution in [0, 0.1) is 11.3 Å². The number of carboxylic acid groups (broad SMARTS) is 1. The van der Waals surface area contributed by atoms with Crippen molar-refractivity contribution in [1.29, 1.82) is 0 Å². The van der Waals surface area contributed by atoms with E-state index < -0.39 is 5.97 Å². The van der Waals surface area contributed by atoms with Gasteiger partial charge >= 0.3 is 5.97 Å². The predicted octanol–water partition coefficient (Wildman–Crippen LogP) is 2.64. The first-order chi connectivity index (χ1) is 11.4. The second-order valence-corrected chi connectivity index (χ2v) is 7.43. The molecule has 5 nitrogen and oxygen atoms in total. The Balaban J connectivity index is 1.58. The summed E-state index contributed by atoms with van der Waals surface area (Å²) in [5.74, 6) is -0.561. The lowest BCUT2D eigenvalue weighted by molar-refractivity contribution is -0.193. The number of fused-ring (bicyclic) bond motifs is 1. The SMILES string of the molecule is CC1(C)C(NC(=O)CCc2ccccc2C(=O)O)C2CCCOC21. The fraction of sp³-hybridized carbons (Fsp3) is 0.579. The van der Waals surface area contributed by atoms with E-state index in [1.165, 1.54) is 0 Å². The van der Waals surface area contributed by atoms with E-state index in [1.54, 1.807) is 24.3 Å². The second-order valence-electron chi connectivity index (χ2n) is 7.43. The lowest BCUT2D eigenvalue weighted by atomic mass is 9.55. The van der Waals surface area contributed by atoms with Crippen molar-refractivity contribution in [2.75, 3.05) is 6.61 Å². The fourth-order valence-electron chi connectivity index (χ4n) is 4.26. The number of carboxylic acids is 1. The number of aryl methyl sites for hydroxylation is 1. The van der Waals surface area contributed by atoms with E-state index in [0.29, 0.717) is 24.3 Å². The third-order valence-corrected chi connectivity index (χ3v) is 5.52. The van der Waals surface area contributed by atoms with Gasteiger partial charge in [-0.2, -0.15) is 0 Å². The number of hydrogen-bond acceptors (Lipinski definition) is 3. The van der Waals surface area contributed by atoms with Gasteiger partial charge in [0, 0.05) is 30.4 Å². The summed E-state index contributed by atoms with van der Waals surface area (Å²) < 4.78 is 5.86. The minimum absolute atomic E-state index is 0.0164. The lowest BCUT2D eigenvalue weighted by Crippen LogP contribution is -2.70. The van der Waals surface area contributed by atoms with Crippen molar-refractivity contribution in [1.82, 2.24) is 5.32 Å². The molecule has 0 spiro atoms. The smallest absolute Gasteiger partial charge is 0.335 e. The van der Waals surface area contributed by atoms with Crippen molar-refractivity contribution in [3.63, 3.8) is 0 Å². The van der Waals surface area contributed by atoms with E-state index in [1.807, 2.05) is 0 Å².